The minimum absolute atomic E-state index is 0.458. The highest BCUT2D eigenvalue weighted by Gasteiger charge is 2.09. The number of imidazole rings is 1. The Hall–Kier alpha value is -1.20. The minimum Gasteiger partial charge on any atom is -0.330 e. The molecule has 0 aromatic carbocycles. The lowest BCUT2D eigenvalue weighted by Gasteiger charge is -1.99. The van der Waals surface area contributed by atoms with Crippen molar-refractivity contribution in [3.8, 4) is 0 Å². The molecule has 0 saturated heterocycles. The summed E-state index contributed by atoms with van der Waals surface area (Å²) < 4.78 is 2.82. The summed E-state index contributed by atoms with van der Waals surface area (Å²) in [6, 6.07) is 3.78. The van der Waals surface area contributed by atoms with E-state index in [-0.39, 0.29) is 0 Å². The summed E-state index contributed by atoms with van der Waals surface area (Å²) in [7, 11) is 0. The first kappa shape index (κ1) is 10.3. The van der Waals surface area contributed by atoms with Crippen LogP contribution in [-0.4, -0.2) is 22.2 Å². The third-order valence-electron chi connectivity index (χ3n) is 2.19. The number of carbonyl (C=O) groups is 1. The number of nitrogens with two attached hydrogens (primary N) is 1. The van der Waals surface area contributed by atoms with Crippen LogP contribution in [0.3, 0.4) is 0 Å². The van der Waals surface area contributed by atoms with Crippen LogP contribution >= 0.6 is 15.9 Å². The molecule has 0 aliphatic carbocycles. The van der Waals surface area contributed by atoms with Gasteiger partial charge in [0.25, 0.3) is 0 Å². The van der Waals surface area contributed by atoms with Gasteiger partial charge >= 0.3 is 0 Å². The Balaban J connectivity index is 2.69. The van der Waals surface area contributed by atoms with Crippen molar-refractivity contribution in [1.29, 1.82) is 0 Å². The third kappa shape index (κ3) is 1.80. The number of aldehydes is 1. The average molecular weight is 268 g/mol. The summed E-state index contributed by atoms with van der Waals surface area (Å²) in [6.45, 7) is 0.521. The van der Waals surface area contributed by atoms with E-state index >= 15 is 0 Å². The van der Waals surface area contributed by atoms with Gasteiger partial charge in [0.2, 0.25) is 0 Å². The van der Waals surface area contributed by atoms with Crippen molar-refractivity contribution in [2.24, 2.45) is 5.73 Å². The molecule has 2 aromatic heterocycles. The van der Waals surface area contributed by atoms with Gasteiger partial charge < -0.3 is 10.1 Å². The summed E-state index contributed by atoms with van der Waals surface area (Å²) in [5.74, 6) is 0.821. The van der Waals surface area contributed by atoms with Gasteiger partial charge in [-0.15, -0.1) is 0 Å². The lowest BCUT2D eigenvalue weighted by molar-refractivity contribution is 0.112. The standard InChI is InChI=1S/C10H10BrN3O/c11-7-2-4-14-9(5-7)8(6-15)13-10(14)1-3-12/h2,4-6H,1,3,12H2. The van der Waals surface area contributed by atoms with Crippen molar-refractivity contribution < 1.29 is 4.79 Å². The summed E-state index contributed by atoms with van der Waals surface area (Å²) in [5, 5.41) is 0. The van der Waals surface area contributed by atoms with Crippen molar-refractivity contribution in [2.75, 3.05) is 6.54 Å². The first-order chi connectivity index (χ1) is 7.26. The molecule has 15 heavy (non-hydrogen) atoms. The molecule has 0 atom stereocenters. The van der Waals surface area contributed by atoms with Gasteiger partial charge in [-0.2, -0.15) is 0 Å². The Kier molecular flexibility index (Phi) is 2.83. The zero-order chi connectivity index (χ0) is 10.8. The normalized spacial score (nSPS) is 10.8. The number of halogens is 1. The molecule has 4 nitrogen and oxygen atoms in total. The molecule has 0 amide bonds. The quantitative estimate of drug-likeness (QED) is 0.856. The SMILES string of the molecule is NCCc1nc(C=O)c2cc(Br)ccn12. The zero-order valence-corrected chi connectivity index (χ0v) is 9.57. The summed E-state index contributed by atoms with van der Waals surface area (Å²) >= 11 is 3.36. The molecule has 0 fully saturated rings. The van der Waals surface area contributed by atoms with E-state index in [4.69, 9.17) is 5.73 Å². The van der Waals surface area contributed by atoms with Crippen LogP contribution in [0.15, 0.2) is 22.8 Å². The topological polar surface area (TPSA) is 60.4 Å². The van der Waals surface area contributed by atoms with Gasteiger partial charge in [-0.05, 0) is 18.7 Å². The van der Waals surface area contributed by atoms with Crippen molar-refractivity contribution in [3.63, 3.8) is 0 Å². The Labute approximate surface area is 95.2 Å². The van der Waals surface area contributed by atoms with E-state index in [2.05, 4.69) is 20.9 Å². The molecule has 0 bridgehead atoms. The highest BCUT2D eigenvalue weighted by molar-refractivity contribution is 9.10. The first-order valence-electron chi connectivity index (χ1n) is 4.58. The highest BCUT2D eigenvalue weighted by Crippen LogP contribution is 2.17. The fourth-order valence-corrected chi connectivity index (χ4v) is 1.87. The van der Waals surface area contributed by atoms with Gasteiger partial charge in [0, 0.05) is 17.1 Å². The molecule has 2 heterocycles. The molecule has 0 radical (unpaired) electrons. The Morgan fingerprint density at radius 2 is 2.40 bits per heavy atom. The summed E-state index contributed by atoms with van der Waals surface area (Å²) in [6.07, 6.45) is 3.31. The molecule has 2 N–H and O–H groups in total. The molecule has 0 unspecified atom stereocenters. The van der Waals surface area contributed by atoms with E-state index in [0.717, 1.165) is 22.1 Å². The van der Waals surface area contributed by atoms with E-state index in [0.29, 0.717) is 18.7 Å². The van der Waals surface area contributed by atoms with Crippen molar-refractivity contribution in [3.05, 3.63) is 34.3 Å². The Morgan fingerprint density at radius 3 is 3.07 bits per heavy atom. The van der Waals surface area contributed by atoms with Gasteiger partial charge in [-0.25, -0.2) is 4.98 Å². The fourth-order valence-electron chi connectivity index (χ4n) is 1.54. The number of hydrogen-bond donors (Lipinski definition) is 1. The van der Waals surface area contributed by atoms with Gasteiger partial charge in [0.1, 0.15) is 11.5 Å². The lowest BCUT2D eigenvalue weighted by atomic mass is 10.3. The van der Waals surface area contributed by atoms with Crippen molar-refractivity contribution in [2.45, 2.75) is 6.42 Å². The fraction of sp³-hybridized carbons (Fsp3) is 0.200. The maximum atomic E-state index is 10.8. The first-order valence-corrected chi connectivity index (χ1v) is 5.37. The summed E-state index contributed by atoms with van der Waals surface area (Å²) in [5.41, 5.74) is 6.75. The minimum atomic E-state index is 0.458. The van der Waals surface area contributed by atoms with E-state index in [1.54, 1.807) is 0 Å². The third-order valence-corrected chi connectivity index (χ3v) is 2.68. The smallest absolute Gasteiger partial charge is 0.170 e. The van der Waals surface area contributed by atoms with Gasteiger partial charge in [-0.1, -0.05) is 15.9 Å². The Bertz CT molecular complexity index is 507. The van der Waals surface area contributed by atoms with Gasteiger partial charge in [0.15, 0.2) is 6.29 Å². The van der Waals surface area contributed by atoms with Crippen LogP contribution < -0.4 is 5.73 Å². The number of aromatic nitrogens is 2. The maximum absolute atomic E-state index is 10.8. The number of nitrogens with zero attached hydrogens (tertiary/aromatic N) is 2. The molecule has 78 valence electrons. The number of carbonyl (C=O) groups excluding carboxylic acids is 1. The number of hydrogen-bond acceptors (Lipinski definition) is 3. The second-order valence-electron chi connectivity index (χ2n) is 3.17. The molecule has 2 rings (SSSR count). The summed E-state index contributed by atoms with van der Waals surface area (Å²) in [4.78, 5) is 15.1. The largest absolute Gasteiger partial charge is 0.330 e. The predicted octanol–water partition coefficient (Wildman–Crippen LogP) is 1.41. The van der Waals surface area contributed by atoms with E-state index in [1.807, 2.05) is 22.7 Å². The predicted molar refractivity (Wildman–Crippen MR) is 61.0 cm³/mol. The molecule has 0 aliphatic heterocycles. The Morgan fingerprint density at radius 1 is 1.60 bits per heavy atom. The van der Waals surface area contributed by atoms with Crippen LogP contribution in [0, 0.1) is 0 Å². The molecule has 5 heteroatoms. The van der Waals surface area contributed by atoms with Crippen LogP contribution in [0.4, 0.5) is 0 Å². The molecular formula is C10H10BrN3O. The van der Waals surface area contributed by atoms with E-state index in [1.165, 1.54) is 0 Å². The molecular weight excluding hydrogens is 258 g/mol. The number of pyridine rings is 1. The average Bonchev–Trinajstić information content (AvgIpc) is 2.56. The number of fused-ring (bicyclic) bond motifs is 1. The highest BCUT2D eigenvalue weighted by atomic mass is 79.9. The van der Waals surface area contributed by atoms with E-state index < -0.39 is 0 Å². The van der Waals surface area contributed by atoms with Gasteiger partial charge in [-0.3, -0.25) is 4.79 Å². The molecule has 0 saturated carbocycles. The second kappa shape index (κ2) is 4.12. The van der Waals surface area contributed by atoms with Crippen LogP contribution in [0.5, 0.6) is 0 Å². The lowest BCUT2D eigenvalue weighted by Crippen LogP contribution is -2.06. The molecule has 0 spiro atoms. The van der Waals surface area contributed by atoms with E-state index in [9.17, 15) is 4.79 Å². The van der Waals surface area contributed by atoms with Crippen LogP contribution in [0.1, 0.15) is 16.3 Å². The second-order valence-corrected chi connectivity index (χ2v) is 4.09. The monoisotopic (exact) mass is 267 g/mol. The van der Waals surface area contributed by atoms with Crippen LogP contribution in [0.25, 0.3) is 5.52 Å². The van der Waals surface area contributed by atoms with Crippen molar-refractivity contribution >= 4 is 27.7 Å². The molecule has 2 aromatic rings. The van der Waals surface area contributed by atoms with Crippen LogP contribution in [0.2, 0.25) is 0 Å². The van der Waals surface area contributed by atoms with Crippen LogP contribution in [-0.2, 0) is 6.42 Å². The number of rotatable bonds is 3. The molecule has 0 aliphatic rings. The van der Waals surface area contributed by atoms with Gasteiger partial charge in [0.05, 0.1) is 5.52 Å². The van der Waals surface area contributed by atoms with Crippen molar-refractivity contribution in [1.82, 2.24) is 9.38 Å². The zero-order valence-electron chi connectivity index (χ0n) is 7.98. The maximum Gasteiger partial charge on any atom is 0.170 e.